The molecule has 102 valence electrons. The van der Waals surface area contributed by atoms with E-state index in [0.29, 0.717) is 5.92 Å². The molecule has 0 spiro atoms. The Morgan fingerprint density at radius 2 is 1.75 bits per heavy atom. The molecule has 0 saturated heterocycles. The van der Waals surface area contributed by atoms with Gasteiger partial charge in [0, 0.05) is 28.1 Å². The topological polar surface area (TPSA) is 4.93 Å². The minimum Gasteiger partial charge on any atom is -0.343 e. The van der Waals surface area contributed by atoms with Gasteiger partial charge in [-0.3, -0.25) is 0 Å². The molecule has 0 fully saturated rings. The van der Waals surface area contributed by atoms with Crippen LogP contribution in [0, 0.1) is 0 Å². The molecular weight excluding hydrogens is 310 g/mol. The number of hydrogen-bond acceptors (Lipinski definition) is 0. The van der Waals surface area contributed by atoms with E-state index in [0.717, 1.165) is 11.0 Å². The molecule has 0 amide bonds. The maximum atomic E-state index is 3.52. The van der Waals surface area contributed by atoms with E-state index in [4.69, 9.17) is 0 Å². The predicted molar refractivity (Wildman–Crippen MR) is 89.3 cm³/mol. The Hall–Kier alpha value is -1.54. The molecule has 0 aliphatic heterocycles. The van der Waals surface area contributed by atoms with E-state index in [1.807, 2.05) is 0 Å². The summed E-state index contributed by atoms with van der Waals surface area (Å²) in [6.45, 7) is 5.38. The van der Waals surface area contributed by atoms with E-state index in [-0.39, 0.29) is 0 Å². The largest absolute Gasteiger partial charge is 0.343 e. The highest BCUT2D eigenvalue weighted by atomic mass is 79.9. The van der Waals surface area contributed by atoms with Gasteiger partial charge in [-0.15, -0.1) is 0 Å². The van der Waals surface area contributed by atoms with Crippen LogP contribution in [0.25, 0.3) is 10.9 Å². The molecule has 0 radical (unpaired) electrons. The summed E-state index contributed by atoms with van der Waals surface area (Å²) < 4.78 is 3.43. The fraction of sp³-hybridized carbons (Fsp3) is 0.222. The summed E-state index contributed by atoms with van der Waals surface area (Å²) in [6, 6.07) is 17.5. The summed E-state index contributed by atoms with van der Waals surface area (Å²) in [6.07, 6.45) is 2.16. The summed E-state index contributed by atoms with van der Waals surface area (Å²) in [7, 11) is 0. The van der Waals surface area contributed by atoms with Gasteiger partial charge in [-0.05, 0) is 41.3 Å². The molecule has 20 heavy (non-hydrogen) atoms. The molecule has 0 aliphatic rings. The summed E-state index contributed by atoms with van der Waals surface area (Å²) in [5, 5.41) is 1.28. The standard InChI is InChI=1S/C18H18BrN/c1-13(2)15-5-3-14(4-6-15)12-20-10-9-16-11-17(19)7-8-18(16)20/h3-11,13H,12H2,1-2H3. The van der Waals surface area contributed by atoms with Crippen LogP contribution < -0.4 is 0 Å². The monoisotopic (exact) mass is 327 g/mol. The second-order valence-corrected chi connectivity index (χ2v) is 6.46. The first kappa shape index (κ1) is 13.4. The second-order valence-electron chi connectivity index (χ2n) is 5.54. The van der Waals surface area contributed by atoms with Gasteiger partial charge < -0.3 is 4.57 Å². The maximum Gasteiger partial charge on any atom is 0.0484 e. The van der Waals surface area contributed by atoms with Gasteiger partial charge in [0.25, 0.3) is 0 Å². The molecule has 0 unspecified atom stereocenters. The molecule has 1 nitrogen and oxygen atoms in total. The molecule has 1 aromatic heterocycles. The van der Waals surface area contributed by atoms with Crippen LogP contribution in [0.2, 0.25) is 0 Å². The van der Waals surface area contributed by atoms with Gasteiger partial charge in [0.15, 0.2) is 0 Å². The van der Waals surface area contributed by atoms with E-state index in [1.165, 1.54) is 22.0 Å². The Bertz CT molecular complexity index is 723. The number of halogens is 1. The van der Waals surface area contributed by atoms with Crippen molar-refractivity contribution in [2.45, 2.75) is 26.3 Å². The smallest absolute Gasteiger partial charge is 0.0484 e. The van der Waals surface area contributed by atoms with Gasteiger partial charge in [-0.2, -0.15) is 0 Å². The summed E-state index contributed by atoms with van der Waals surface area (Å²) >= 11 is 3.52. The molecular formula is C18H18BrN. The zero-order chi connectivity index (χ0) is 14.1. The second kappa shape index (κ2) is 5.45. The first-order valence-corrected chi connectivity index (χ1v) is 7.76. The number of nitrogens with zero attached hydrogens (tertiary/aromatic N) is 1. The molecule has 0 atom stereocenters. The van der Waals surface area contributed by atoms with Crippen LogP contribution in [0.3, 0.4) is 0 Å². The third-order valence-corrected chi connectivity index (χ3v) is 4.23. The average molecular weight is 328 g/mol. The molecule has 2 aromatic carbocycles. The third kappa shape index (κ3) is 2.66. The van der Waals surface area contributed by atoms with Crippen molar-refractivity contribution in [2.24, 2.45) is 0 Å². The molecule has 1 heterocycles. The van der Waals surface area contributed by atoms with Crippen molar-refractivity contribution in [1.82, 2.24) is 4.57 Å². The van der Waals surface area contributed by atoms with E-state index in [1.54, 1.807) is 0 Å². The number of hydrogen-bond donors (Lipinski definition) is 0. The molecule has 3 aromatic rings. The van der Waals surface area contributed by atoms with Crippen molar-refractivity contribution in [3.8, 4) is 0 Å². The Morgan fingerprint density at radius 3 is 2.45 bits per heavy atom. The highest BCUT2D eigenvalue weighted by molar-refractivity contribution is 9.10. The van der Waals surface area contributed by atoms with Crippen LogP contribution in [-0.4, -0.2) is 4.57 Å². The number of fused-ring (bicyclic) bond motifs is 1. The molecule has 0 bridgehead atoms. The van der Waals surface area contributed by atoms with E-state index in [9.17, 15) is 0 Å². The first-order chi connectivity index (χ1) is 9.63. The number of rotatable bonds is 3. The minimum atomic E-state index is 0.591. The highest BCUT2D eigenvalue weighted by Gasteiger charge is 2.03. The van der Waals surface area contributed by atoms with Gasteiger partial charge >= 0.3 is 0 Å². The SMILES string of the molecule is CC(C)c1ccc(Cn2ccc3cc(Br)ccc32)cc1. The van der Waals surface area contributed by atoms with Crippen molar-refractivity contribution in [1.29, 1.82) is 0 Å². The van der Waals surface area contributed by atoms with E-state index < -0.39 is 0 Å². The minimum absolute atomic E-state index is 0.591. The van der Waals surface area contributed by atoms with Crippen LogP contribution in [-0.2, 0) is 6.54 Å². The first-order valence-electron chi connectivity index (χ1n) is 6.97. The number of aromatic nitrogens is 1. The lowest BCUT2D eigenvalue weighted by Gasteiger charge is -2.09. The summed E-state index contributed by atoms with van der Waals surface area (Å²) in [5.41, 5.74) is 4.02. The van der Waals surface area contributed by atoms with Crippen LogP contribution in [0.4, 0.5) is 0 Å². The van der Waals surface area contributed by atoms with Gasteiger partial charge in [-0.25, -0.2) is 0 Å². The van der Waals surface area contributed by atoms with Crippen LogP contribution in [0.5, 0.6) is 0 Å². The summed E-state index contributed by atoms with van der Waals surface area (Å²) in [5.74, 6) is 0.591. The molecule has 0 N–H and O–H groups in total. The predicted octanol–water partition coefficient (Wildman–Crippen LogP) is 5.58. The van der Waals surface area contributed by atoms with Crippen molar-refractivity contribution in [2.75, 3.05) is 0 Å². The fourth-order valence-electron chi connectivity index (χ4n) is 2.51. The quantitative estimate of drug-likeness (QED) is 0.592. The number of benzene rings is 2. The maximum absolute atomic E-state index is 3.52. The van der Waals surface area contributed by atoms with Crippen LogP contribution in [0.15, 0.2) is 59.2 Å². The van der Waals surface area contributed by atoms with Crippen molar-refractivity contribution in [3.05, 3.63) is 70.3 Å². The zero-order valence-electron chi connectivity index (χ0n) is 11.8. The average Bonchev–Trinajstić information content (AvgIpc) is 2.81. The lowest BCUT2D eigenvalue weighted by Crippen LogP contribution is -1.98. The Kier molecular flexibility index (Phi) is 3.66. The van der Waals surface area contributed by atoms with Crippen molar-refractivity contribution < 1.29 is 0 Å². The van der Waals surface area contributed by atoms with Crippen molar-refractivity contribution >= 4 is 26.8 Å². The summed E-state index contributed by atoms with van der Waals surface area (Å²) in [4.78, 5) is 0. The van der Waals surface area contributed by atoms with E-state index in [2.05, 4.69) is 89.1 Å². The lowest BCUT2D eigenvalue weighted by atomic mass is 10.0. The lowest BCUT2D eigenvalue weighted by molar-refractivity contribution is 0.829. The van der Waals surface area contributed by atoms with Crippen LogP contribution >= 0.6 is 15.9 Å². The van der Waals surface area contributed by atoms with E-state index >= 15 is 0 Å². The molecule has 0 aliphatic carbocycles. The van der Waals surface area contributed by atoms with Gasteiger partial charge in [0.05, 0.1) is 0 Å². The molecule has 2 heteroatoms. The van der Waals surface area contributed by atoms with Gasteiger partial charge in [-0.1, -0.05) is 54.0 Å². The van der Waals surface area contributed by atoms with Crippen LogP contribution in [0.1, 0.15) is 30.9 Å². The molecule has 3 rings (SSSR count). The van der Waals surface area contributed by atoms with Gasteiger partial charge in [0.1, 0.15) is 0 Å². The Balaban J connectivity index is 1.89. The normalized spacial score (nSPS) is 11.4. The fourth-order valence-corrected chi connectivity index (χ4v) is 2.89. The molecule has 0 saturated carbocycles. The van der Waals surface area contributed by atoms with Gasteiger partial charge in [0.2, 0.25) is 0 Å². The van der Waals surface area contributed by atoms with Crippen molar-refractivity contribution in [3.63, 3.8) is 0 Å². The Morgan fingerprint density at radius 1 is 1.00 bits per heavy atom. The Labute approximate surface area is 128 Å². The zero-order valence-corrected chi connectivity index (χ0v) is 13.4. The highest BCUT2D eigenvalue weighted by Crippen LogP contribution is 2.22. The third-order valence-electron chi connectivity index (χ3n) is 3.73.